The number of carbonyl (C=O) groups is 1. The van der Waals surface area contributed by atoms with Gasteiger partial charge in [-0.2, -0.15) is 9.49 Å². The summed E-state index contributed by atoms with van der Waals surface area (Å²) in [4.78, 5) is 17.5. The van der Waals surface area contributed by atoms with Crippen LogP contribution in [0.1, 0.15) is 47.6 Å². The highest BCUT2D eigenvalue weighted by molar-refractivity contribution is 5.94. The fraction of sp³-hybridized carbons (Fsp3) is 0.412. The molecule has 2 aliphatic rings. The first-order chi connectivity index (χ1) is 21.8. The van der Waals surface area contributed by atoms with Crippen molar-refractivity contribution in [3.63, 3.8) is 0 Å². The van der Waals surface area contributed by atoms with E-state index >= 15 is 0 Å². The Bertz CT molecular complexity index is 1650. The zero-order valence-corrected chi connectivity index (χ0v) is 25.6. The first kappa shape index (κ1) is 30.8. The molecule has 0 unspecified atom stereocenters. The van der Waals surface area contributed by atoms with E-state index in [1.165, 1.54) is 12.8 Å². The number of rotatable bonds is 9. The van der Waals surface area contributed by atoms with E-state index < -0.39 is 34.7 Å². The lowest BCUT2D eigenvalue weighted by Gasteiger charge is -2.34. The Hall–Kier alpha value is -4.25. The van der Waals surface area contributed by atoms with E-state index in [1.54, 1.807) is 24.3 Å². The Kier molecular flexibility index (Phi) is 9.16. The lowest BCUT2D eigenvalue weighted by molar-refractivity contribution is 0.0935. The highest BCUT2D eigenvalue weighted by Crippen LogP contribution is 2.33. The molecule has 6 rings (SSSR count). The molecule has 11 heteroatoms. The number of benzene rings is 3. The van der Waals surface area contributed by atoms with Crippen molar-refractivity contribution < 1.29 is 27.4 Å². The van der Waals surface area contributed by atoms with Crippen LogP contribution in [0, 0.1) is 23.4 Å². The molecular weight excluding hydrogens is 583 g/mol. The second-order valence-electron chi connectivity index (χ2n) is 12.0. The van der Waals surface area contributed by atoms with Crippen LogP contribution >= 0.6 is 0 Å². The summed E-state index contributed by atoms with van der Waals surface area (Å²) in [5.41, 5.74) is 2.11. The van der Waals surface area contributed by atoms with E-state index in [0.29, 0.717) is 23.9 Å². The number of anilines is 1. The summed E-state index contributed by atoms with van der Waals surface area (Å²) in [6.07, 6.45) is 5.57. The van der Waals surface area contributed by atoms with Gasteiger partial charge in [0.2, 0.25) is 5.82 Å². The van der Waals surface area contributed by atoms with Crippen LogP contribution in [0.3, 0.4) is 0 Å². The minimum atomic E-state index is -1.53. The van der Waals surface area contributed by atoms with Gasteiger partial charge in [0, 0.05) is 50.0 Å². The first-order valence-electron chi connectivity index (χ1n) is 15.4. The summed E-state index contributed by atoms with van der Waals surface area (Å²) in [5.74, 6) is -5.05. The van der Waals surface area contributed by atoms with Crippen LogP contribution in [0.2, 0.25) is 0 Å². The number of nitrogens with zero attached hydrogens (tertiary/aromatic N) is 4. The highest BCUT2D eigenvalue weighted by atomic mass is 19.2. The second-order valence-corrected chi connectivity index (χ2v) is 12.0. The zero-order valence-electron chi connectivity index (χ0n) is 25.6. The molecule has 1 amide bonds. The molecule has 1 aliphatic carbocycles. The number of hydrogen-bond acceptors (Lipinski definition) is 6. The van der Waals surface area contributed by atoms with E-state index in [9.17, 15) is 18.0 Å². The molecular formula is C34H38F3N5O3. The van der Waals surface area contributed by atoms with Gasteiger partial charge < -0.3 is 24.6 Å². The van der Waals surface area contributed by atoms with Gasteiger partial charge in [-0.3, -0.25) is 9.48 Å². The molecule has 2 heterocycles. The molecule has 2 fully saturated rings. The summed E-state index contributed by atoms with van der Waals surface area (Å²) >= 11 is 0. The summed E-state index contributed by atoms with van der Waals surface area (Å²) < 4.78 is 56.7. The van der Waals surface area contributed by atoms with Crippen LogP contribution < -0.4 is 19.7 Å². The Balaban J connectivity index is 1.01. The smallest absolute Gasteiger partial charge is 0.254 e. The average Bonchev–Trinajstić information content (AvgIpc) is 3.50. The molecule has 238 valence electrons. The van der Waals surface area contributed by atoms with Gasteiger partial charge in [0.25, 0.3) is 5.91 Å². The van der Waals surface area contributed by atoms with Crippen LogP contribution in [0.25, 0.3) is 10.9 Å². The standard InChI is InChI=1S/C34H38F3N5O3/c1-40-13-15-41(16-14-40)26-10-7-24-20-42(39-30(24)17-26)25-8-3-22(4-9-25)19-38-34(43)28-18-29(35)33(32(37)31(28)36)45-21-23-5-11-27(44-2)12-6-23/h5-7,10-12,17-18,20,22,25H,3-4,8-9,13-16,19,21H2,1-2H3,(H,38,43). The fourth-order valence-corrected chi connectivity index (χ4v) is 6.17. The van der Waals surface area contributed by atoms with Crippen LogP contribution in [-0.2, 0) is 6.61 Å². The lowest BCUT2D eigenvalue weighted by atomic mass is 9.86. The third kappa shape index (κ3) is 6.88. The van der Waals surface area contributed by atoms with Crippen molar-refractivity contribution in [2.75, 3.05) is 51.8 Å². The number of carbonyl (C=O) groups excluding carboxylic acids is 1. The number of halogens is 3. The molecule has 1 N–H and O–H groups in total. The van der Waals surface area contributed by atoms with Crippen molar-refractivity contribution in [3.8, 4) is 11.5 Å². The maximum atomic E-state index is 14.8. The van der Waals surface area contributed by atoms with Crippen molar-refractivity contribution in [3.05, 3.63) is 83.3 Å². The van der Waals surface area contributed by atoms with Crippen molar-refractivity contribution >= 4 is 22.5 Å². The van der Waals surface area contributed by atoms with Crippen molar-refractivity contribution in [1.82, 2.24) is 20.0 Å². The number of hydrogen-bond donors (Lipinski definition) is 1. The Morgan fingerprint density at radius 2 is 1.69 bits per heavy atom. The van der Waals surface area contributed by atoms with Gasteiger partial charge in [-0.1, -0.05) is 12.1 Å². The zero-order chi connectivity index (χ0) is 31.5. The number of piperazine rings is 1. The summed E-state index contributed by atoms with van der Waals surface area (Å²) in [6, 6.07) is 14.1. The molecule has 0 spiro atoms. The number of fused-ring (bicyclic) bond motifs is 1. The van der Waals surface area contributed by atoms with E-state index in [4.69, 9.17) is 14.6 Å². The Morgan fingerprint density at radius 1 is 0.956 bits per heavy atom. The third-order valence-corrected chi connectivity index (χ3v) is 9.02. The Labute approximate surface area is 260 Å². The van der Waals surface area contributed by atoms with Crippen LogP contribution in [0.5, 0.6) is 11.5 Å². The van der Waals surface area contributed by atoms with Crippen molar-refractivity contribution in [1.29, 1.82) is 0 Å². The van der Waals surface area contributed by atoms with E-state index in [-0.39, 0.29) is 18.6 Å². The quantitative estimate of drug-likeness (QED) is 0.233. The molecule has 0 atom stereocenters. The van der Waals surface area contributed by atoms with Gasteiger partial charge in [0.1, 0.15) is 12.4 Å². The van der Waals surface area contributed by atoms with Crippen molar-refractivity contribution in [2.45, 2.75) is 38.3 Å². The molecule has 4 aromatic rings. The number of aromatic nitrogens is 2. The maximum absolute atomic E-state index is 14.8. The van der Waals surface area contributed by atoms with Gasteiger partial charge in [-0.15, -0.1) is 0 Å². The van der Waals surface area contributed by atoms with Crippen LogP contribution in [0.15, 0.2) is 54.7 Å². The normalized spacial score (nSPS) is 19.1. The minimum absolute atomic E-state index is 0.170. The summed E-state index contributed by atoms with van der Waals surface area (Å²) in [5, 5.41) is 8.68. The molecule has 3 aromatic carbocycles. The average molecular weight is 622 g/mol. The number of ether oxygens (including phenoxy) is 2. The molecule has 0 bridgehead atoms. The Morgan fingerprint density at radius 3 is 2.40 bits per heavy atom. The molecule has 45 heavy (non-hydrogen) atoms. The number of amides is 1. The summed E-state index contributed by atoms with van der Waals surface area (Å²) in [7, 11) is 3.67. The van der Waals surface area contributed by atoms with E-state index in [1.807, 2.05) is 0 Å². The minimum Gasteiger partial charge on any atom is -0.497 e. The van der Waals surface area contributed by atoms with Gasteiger partial charge in [-0.25, -0.2) is 8.78 Å². The van der Waals surface area contributed by atoms with E-state index in [0.717, 1.165) is 62.8 Å². The largest absolute Gasteiger partial charge is 0.497 e. The van der Waals surface area contributed by atoms with Crippen LogP contribution in [-0.4, -0.2) is 67.5 Å². The first-order valence-corrected chi connectivity index (χ1v) is 15.4. The SMILES string of the molecule is COc1ccc(COc2c(F)cc(C(=O)NCC3CCC(n4cc5ccc(N6CCN(C)CC6)cc5n4)CC3)c(F)c2F)cc1. The molecule has 1 saturated carbocycles. The monoisotopic (exact) mass is 621 g/mol. The number of nitrogens with one attached hydrogen (secondary N) is 1. The van der Waals surface area contributed by atoms with Crippen molar-refractivity contribution in [2.24, 2.45) is 5.92 Å². The second kappa shape index (κ2) is 13.4. The molecule has 1 aliphatic heterocycles. The lowest BCUT2D eigenvalue weighted by Crippen LogP contribution is -2.44. The van der Waals surface area contributed by atoms with Gasteiger partial charge in [-0.05, 0) is 80.6 Å². The van der Waals surface area contributed by atoms with E-state index in [2.05, 4.69) is 51.2 Å². The van der Waals surface area contributed by atoms with Crippen LogP contribution in [0.4, 0.5) is 18.9 Å². The van der Waals surface area contributed by atoms with Gasteiger partial charge in [0.05, 0.1) is 24.2 Å². The topological polar surface area (TPSA) is 71.9 Å². The maximum Gasteiger partial charge on any atom is 0.254 e. The fourth-order valence-electron chi connectivity index (χ4n) is 6.17. The molecule has 0 radical (unpaired) electrons. The predicted octanol–water partition coefficient (Wildman–Crippen LogP) is 5.95. The predicted molar refractivity (Wildman–Crippen MR) is 166 cm³/mol. The number of likely N-dealkylation sites (N-methyl/N-ethyl adjacent to an activating group) is 1. The highest BCUT2D eigenvalue weighted by Gasteiger charge is 2.27. The molecule has 1 aromatic heterocycles. The molecule has 8 nitrogen and oxygen atoms in total. The summed E-state index contributed by atoms with van der Waals surface area (Å²) in [6.45, 7) is 4.21. The molecule has 1 saturated heterocycles. The van der Waals surface area contributed by atoms with Gasteiger partial charge in [0.15, 0.2) is 17.4 Å². The number of methoxy groups -OCH3 is 1. The third-order valence-electron chi connectivity index (χ3n) is 9.02. The van der Waals surface area contributed by atoms with Gasteiger partial charge >= 0.3 is 0 Å².